The maximum Gasteiger partial charge on any atom is 0.271 e. The average Bonchev–Trinajstić information content (AvgIpc) is 3.19. The normalized spacial score (nSPS) is 16.2. The molecular formula is C23H21N3OS. The molecule has 2 aromatic carbocycles. The Morgan fingerprint density at radius 3 is 2.79 bits per heavy atom. The summed E-state index contributed by atoms with van der Waals surface area (Å²) in [5, 5.41) is 0. The molecule has 2 aromatic heterocycles. The predicted molar refractivity (Wildman–Crippen MR) is 115 cm³/mol. The zero-order valence-corrected chi connectivity index (χ0v) is 16.3. The van der Waals surface area contributed by atoms with Gasteiger partial charge in [0.25, 0.3) is 5.56 Å². The van der Waals surface area contributed by atoms with E-state index in [9.17, 15) is 4.79 Å². The summed E-state index contributed by atoms with van der Waals surface area (Å²) in [7, 11) is 0. The molecule has 1 atom stereocenters. The van der Waals surface area contributed by atoms with E-state index in [-0.39, 0.29) is 11.6 Å². The molecule has 5 rings (SSSR count). The van der Waals surface area contributed by atoms with E-state index in [1.54, 1.807) is 6.33 Å². The van der Waals surface area contributed by atoms with Crippen LogP contribution in [0.2, 0.25) is 0 Å². The summed E-state index contributed by atoms with van der Waals surface area (Å²) < 4.78 is 2.58. The Morgan fingerprint density at radius 1 is 1.11 bits per heavy atom. The third-order valence-corrected chi connectivity index (χ3v) is 6.78. The maximum atomic E-state index is 13.2. The Balaban J connectivity index is 1.51. The molecular weight excluding hydrogens is 366 g/mol. The van der Waals surface area contributed by atoms with Crippen LogP contribution in [0.1, 0.15) is 29.2 Å². The highest BCUT2D eigenvalue weighted by Crippen LogP contribution is 2.32. The summed E-state index contributed by atoms with van der Waals surface area (Å²) in [6.07, 6.45) is 4.52. The van der Waals surface area contributed by atoms with Crippen molar-refractivity contribution < 1.29 is 0 Å². The Morgan fingerprint density at radius 2 is 1.96 bits per heavy atom. The highest BCUT2D eigenvalue weighted by molar-refractivity contribution is 7.22. The van der Waals surface area contributed by atoms with Gasteiger partial charge in [-0.15, -0.1) is 11.3 Å². The van der Waals surface area contributed by atoms with Gasteiger partial charge in [0.1, 0.15) is 4.70 Å². The van der Waals surface area contributed by atoms with Crippen LogP contribution in [0, 0.1) is 0 Å². The van der Waals surface area contributed by atoms with Gasteiger partial charge in [-0.05, 0) is 47.6 Å². The first-order valence-electron chi connectivity index (χ1n) is 9.60. The van der Waals surface area contributed by atoms with E-state index in [0.717, 1.165) is 39.9 Å². The van der Waals surface area contributed by atoms with E-state index in [1.807, 2.05) is 28.8 Å². The lowest BCUT2D eigenvalue weighted by atomic mass is 9.87. The maximum absolute atomic E-state index is 13.2. The first-order valence-corrected chi connectivity index (χ1v) is 10.4. The van der Waals surface area contributed by atoms with E-state index >= 15 is 0 Å². The second-order valence-electron chi connectivity index (χ2n) is 7.35. The summed E-state index contributed by atoms with van der Waals surface area (Å²) in [5.41, 5.74) is 11.6. The van der Waals surface area contributed by atoms with Crippen molar-refractivity contribution in [3.63, 3.8) is 0 Å². The van der Waals surface area contributed by atoms with Gasteiger partial charge in [-0.25, -0.2) is 4.98 Å². The van der Waals surface area contributed by atoms with Crippen molar-refractivity contribution in [3.05, 3.63) is 88.0 Å². The molecule has 0 aliphatic heterocycles. The summed E-state index contributed by atoms with van der Waals surface area (Å²) >= 11 is 1.54. The van der Waals surface area contributed by atoms with Gasteiger partial charge in [-0.3, -0.25) is 9.36 Å². The minimum absolute atomic E-state index is 0.0733. The fourth-order valence-electron chi connectivity index (χ4n) is 4.08. The Kier molecular flexibility index (Phi) is 4.34. The molecule has 4 nitrogen and oxygen atoms in total. The van der Waals surface area contributed by atoms with Crippen molar-refractivity contribution in [2.24, 2.45) is 5.73 Å². The van der Waals surface area contributed by atoms with Gasteiger partial charge in [-0.2, -0.15) is 0 Å². The lowest BCUT2D eigenvalue weighted by molar-refractivity contribution is 0.429. The van der Waals surface area contributed by atoms with Crippen molar-refractivity contribution in [3.8, 4) is 10.4 Å². The number of fused-ring (bicyclic) bond motifs is 2. The molecule has 0 saturated heterocycles. The largest absolute Gasteiger partial charge is 0.326 e. The van der Waals surface area contributed by atoms with Crippen LogP contribution in [0.25, 0.3) is 20.7 Å². The van der Waals surface area contributed by atoms with E-state index in [0.29, 0.717) is 6.54 Å². The third kappa shape index (κ3) is 2.97. The van der Waals surface area contributed by atoms with Gasteiger partial charge in [0.15, 0.2) is 0 Å². The number of nitrogens with two attached hydrogens (primary N) is 1. The van der Waals surface area contributed by atoms with Gasteiger partial charge >= 0.3 is 0 Å². The molecule has 1 aliphatic rings. The van der Waals surface area contributed by atoms with Crippen LogP contribution in [0.15, 0.2) is 65.7 Å². The second-order valence-corrected chi connectivity index (χ2v) is 8.40. The average molecular weight is 388 g/mol. The minimum Gasteiger partial charge on any atom is -0.326 e. The molecule has 1 unspecified atom stereocenters. The number of thiophene rings is 1. The molecule has 140 valence electrons. The van der Waals surface area contributed by atoms with Crippen molar-refractivity contribution in [2.45, 2.75) is 31.8 Å². The van der Waals surface area contributed by atoms with Crippen molar-refractivity contribution >= 4 is 21.6 Å². The fraction of sp³-hybridized carbons (Fsp3) is 0.217. The first kappa shape index (κ1) is 17.3. The van der Waals surface area contributed by atoms with Gasteiger partial charge in [0, 0.05) is 17.5 Å². The molecule has 2 heterocycles. The van der Waals surface area contributed by atoms with E-state index in [4.69, 9.17) is 5.73 Å². The van der Waals surface area contributed by atoms with Crippen LogP contribution in [0.5, 0.6) is 0 Å². The molecule has 4 aromatic rings. The smallest absolute Gasteiger partial charge is 0.271 e. The van der Waals surface area contributed by atoms with Gasteiger partial charge in [-0.1, -0.05) is 48.5 Å². The van der Waals surface area contributed by atoms with Gasteiger partial charge in [0.2, 0.25) is 0 Å². The number of aryl methyl sites for hydroxylation is 1. The zero-order valence-electron chi connectivity index (χ0n) is 15.5. The van der Waals surface area contributed by atoms with Crippen LogP contribution >= 0.6 is 11.3 Å². The molecule has 0 amide bonds. The molecule has 0 radical (unpaired) electrons. The van der Waals surface area contributed by atoms with Crippen LogP contribution in [-0.4, -0.2) is 9.55 Å². The van der Waals surface area contributed by atoms with E-state index in [2.05, 4.69) is 35.3 Å². The number of hydrogen-bond donors (Lipinski definition) is 1. The molecule has 5 heteroatoms. The number of nitrogens with zero attached hydrogens (tertiary/aromatic N) is 2. The highest BCUT2D eigenvalue weighted by atomic mass is 32.1. The summed E-state index contributed by atoms with van der Waals surface area (Å²) in [5.74, 6) is 0. The number of aromatic nitrogens is 2. The lowest BCUT2D eigenvalue weighted by Crippen LogP contribution is -2.28. The topological polar surface area (TPSA) is 60.9 Å². The number of rotatable bonds is 3. The van der Waals surface area contributed by atoms with E-state index in [1.165, 1.54) is 28.0 Å². The number of benzene rings is 2. The van der Waals surface area contributed by atoms with Crippen LogP contribution < -0.4 is 11.3 Å². The molecule has 28 heavy (non-hydrogen) atoms. The van der Waals surface area contributed by atoms with Crippen molar-refractivity contribution in [1.29, 1.82) is 0 Å². The molecule has 1 aliphatic carbocycles. The van der Waals surface area contributed by atoms with E-state index < -0.39 is 0 Å². The second kappa shape index (κ2) is 7.00. The summed E-state index contributed by atoms with van der Waals surface area (Å²) in [6.45, 7) is 0.568. The quantitative estimate of drug-likeness (QED) is 0.570. The van der Waals surface area contributed by atoms with Crippen LogP contribution in [-0.2, 0) is 19.4 Å². The van der Waals surface area contributed by atoms with Crippen molar-refractivity contribution in [2.75, 3.05) is 0 Å². The molecule has 0 bridgehead atoms. The number of hydrogen-bond acceptors (Lipinski definition) is 4. The molecule has 0 spiro atoms. The Hall–Kier alpha value is -2.76. The minimum atomic E-state index is 0.0733. The van der Waals surface area contributed by atoms with Crippen LogP contribution in [0.3, 0.4) is 0 Å². The Bertz CT molecular complexity index is 1210. The van der Waals surface area contributed by atoms with Crippen molar-refractivity contribution in [1.82, 2.24) is 9.55 Å². The molecule has 0 fully saturated rings. The summed E-state index contributed by atoms with van der Waals surface area (Å²) in [6, 6.07) is 18.8. The van der Waals surface area contributed by atoms with Crippen LogP contribution in [0.4, 0.5) is 0 Å². The third-order valence-electron chi connectivity index (χ3n) is 5.62. The van der Waals surface area contributed by atoms with Gasteiger partial charge in [0.05, 0.1) is 11.8 Å². The summed E-state index contributed by atoms with van der Waals surface area (Å²) in [4.78, 5) is 18.9. The lowest BCUT2D eigenvalue weighted by Gasteiger charge is -2.26. The SMILES string of the molecule is NCc1ccc2c(c1)CCC(n1cnc3cc(-c4ccccc4)sc3c1=O)C2. The van der Waals surface area contributed by atoms with Gasteiger partial charge < -0.3 is 5.73 Å². The monoisotopic (exact) mass is 387 g/mol. The molecule has 2 N–H and O–H groups in total. The Labute approximate surface area is 167 Å². The standard InChI is InChI=1S/C23H21N3OS/c24-13-15-6-7-18-11-19(9-8-17(18)10-15)26-14-25-20-12-21(28-22(20)23(26)27)16-4-2-1-3-5-16/h1-7,10,12,14,19H,8-9,11,13,24H2. The first-order chi connectivity index (χ1) is 13.7. The zero-order chi connectivity index (χ0) is 19.1. The predicted octanol–water partition coefficient (Wildman–Crippen LogP) is 4.31. The highest BCUT2D eigenvalue weighted by Gasteiger charge is 2.22. The fourth-order valence-corrected chi connectivity index (χ4v) is 5.14. The molecule has 0 saturated carbocycles.